The minimum Gasteiger partial charge on any atom is -0.381 e. The molecule has 1 unspecified atom stereocenters. The molecule has 1 aliphatic rings. The van der Waals surface area contributed by atoms with Crippen LogP contribution in [0.15, 0.2) is 53.2 Å². The van der Waals surface area contributed by atoms with E-state index in [1.807, 2.05) is 31.0 Å². The van der Waals surface area contributed by atoms with Gasteiger partial charge in [0.1, 0.15) is 6.04 Å². The fourth-order valence-corrected chi connectivity index (χ4v) is 3.14. The Kier molecular flexibility index (Phi) is 7.58. The third-order valence-electron chi connectivity index (χ3n) is 4.96. The van der Waals surface area contributed by atoms with Gasteiger partial charge in [-0.05, 0) is 36.8 Å². The first-order valence-corrected chi connectivity index (χ1v) is 9.75. The number of amides is 1. The second-order valence-electron chi connectivity index (χ2n) is 8.27. The monoisotopic (exact) mass is 383 g/mol. The zero-order chi connectivity index (χ0) is 20.7. The molecule has 2 rings (SSSR count). The third-order valence-corrected chi connectivity index (χ3v) is 4.96. The van der Waals surface area contributed by atoms with E-state index < -0.39 is 6.04 Å². The Morgan fingerprint density at radius 3 is 2.46 bits per heavy atom. The van der Waals surface area contributed by atoms with Crippen molar-refractivity contribution in [3.63, 3.8) is 0 Å². The lowest BCUT2D eigenvalue weighted by atomic mass is 9.87. The summed E-state index contributed by atoms with van der Waals surface area (Å²) in [5, 5.41) is 3.07. The number of rotatable bonds is 8. The molecule has 5 nitrogen and oxygen atoms in total. The molecule has 1 aromatic rings. The van der Waals surface area contributed by atoms with E-state index in [-0.39, 0.29) is 11.3 Å². The van der Waals surface area contributed by atoms with Crippen molar-refractivity contribution in [3.05, 3.63) is 53.8 Å². The molecular weight excluding hydrogens is 350 g/mol. The lowest BCUT2D eigenvalue weighted by Gasteiger charge is -2.32. The molecule has 1 fully saturated rings. The molecule has 1 saturated heterocycles. The average molecular weight is 384 g/mol. The van der Waals surface area contributed by atoms with E-state index in [0.29, 0.717) is 25.7 Å². The standard InChI is InChI=1S/C23H33N3O2/c1-7-8-18(14-24-5)21(22(27)25-13-17-15-28-16-17)26(6)20-11-9-19(10-12-20)23(2,3)4/h7-12,14,17,21H,5,13,15-16H2,1-4,6H3,(H,25,27)/b8-7-,18-14+. The second kappa shape index (κ2) is 9.69. The number of hydrogen-bond acceptors (Lipinski definition) is 4. The average Bonchev–Trinajstić information content (AvgIpc) is 2.60. The van der Waals surface area contributed by atoms with Gasteiger partial charge in [0.15, 0.2) is 0 Å². The van der Waals surface area contributed by atoms with E-state index in [4.69, 9.17) is 4.74 Å². The minimum absolute atomic E-state index is 0.0534. The van der Waals surface area contributed by atoms with Gasteiger partial charge >= 0.3 is 0 Å². The molecule has 1 N–H and O–H groups in total. The van der Waals surface area contributed by atoms with Gasteiger partial charge in [-0.25, -0.2) is 0 Å². The topological polar surface area (TPSA) is 53.9 Å². The van der Waals surface area contributed by atoms with Crippen molar-refractivity contribution in [2.24, 2.45) is 10.9 Å². The van der Waals surface area contributed by atoms with Gasteiger partial charge < -0.3 is 15.0 Å². The normalized spacial score (nSPS) is 16.5. The van der Waals surface area contributed by atoms with Crippen LogP contribution >= 0.6 is 0 Å². The number of aliphatic imine (C=N–C) groups is 1. The highest BCUT2D eigenvalue weighted by atomic mass is 16.5. The summed E-state index contributed by atoms with van der Waals surface area (Å²) in [6.07, 6.45) is 5.47. The first kappa shape index (κ1) is 21.9. The first-order chi connectivity index (χ1) is 13.3. The number of nitrogens with zero attached hydrogens (tertiary/aromatic N) is 2. The lowest BCUT2D eigenvalue weighted by molar-refractivity contribution is -0.122. The van der Waals surface area contributed by atoms with Crippen LogP contribution in [0.3, 0.4) is 0 Å². The Balaban J connectivity index is 2.28. The van der Waals surface area contributed by atoms with Crippen LogP contribution in [0.4, 0.5) is 5.69 Å². The van der Waals surface area contributed by atoms with E-state index in [1.54, 1.807) is 6.20 Å². The number of nitrogens with one attached hydrogen (secondary N) is 1. The molecule has 1 amide bonds. The van der Waals surface area contributed by atoms with Gasteiger partial charge in [0.05, 0.1) is 13.2 Å². The molecule has 152 valence electrons. The SMILES string of the molecule is C=N/C=C(\C=C/C)C(C(=O)NCC1COC1)N(C)c1ccc(C(C)(C)C)cc1. The van der Waals surface area contributed by atoms with Crippen molar-refractivity contribution in [1.29, 1.82) is 0 Å². The summed E-state index contributed by atoms with van der Waals surface area (Å²) in [6, 6.07) is 7.88. The Bertz CT molecular complexity index is 725. The van der Waals surface area contributed by atoms with Gasteiger partial charge in [-0.15, -0.1) is 0 Å². The Hall–Kier alpha value is -2.40. The first-order valence-electron chi connectivity index (χ1n) is 9.75. The summed E-state index contributed by atoms with van der Waals surface area (Å²) in [6.45, 7) is 14.1. The quantitative estimate of drug-likeness (QED) is 0.550. The van der Waals surface area contributed by atoms with Crippen LogP contribution in [0.5, 0.6) is 0 Å². The highest BCUT2D eigenvalue weighted by Gasteiger charge is 2.28. The number of benzene rings is 1. The Morgan fingerprint density at radius 1 is 1.36 bits per heavy atom. The summed E-state index contributed by atoms with van der Waals surface area (Å²) >= 11 is 0. The summed E-state index contributed by atoms with van der Waals surface area (Å²) in [5.74, 6) is 0.343. The van der Waals surface area contributed by atoms with E-state index in [1.165, 1.54) is 5.56 Å². The summed E-state index contributed by atoms with van der Waals surface area (Å²) in [4.78, 5) is 19.0. The second-order valence-corrected chi connectivity index (χ2v) is 8.27. The molecule has 0 spiro atoms. The number of ether oxygens (including phenoxy) is 1. The van der Waals surface area contributed by atoms with Crippen LogP contribution in [0.1, 0.15) is 33.3 Å². The van der Waals surface area contributed by atoms with Crippen LogP contribution < -0.4 is 10.2 Å². The zero-order valence-corrected chi connectivity index (χ0v) is 17.7. The number of carbonyl (C=O) groups excluding carboxylic acids is 1. The molecule has 0 saturated carbocycles. The number of hydrogen-bond donors (Lipinski definition) is 1. The summed E-state index contributed by atoms with van der Waals surface area (Å²) < 4.78 is 5.20. The maximum atomic E-state index is 13.1. The van der Waals surface area contributed by atoms with Crippen LogP contribution in [0.2, 0.25) is 0 Å². The maximum absolute atomic E-state index is 13.1. The third kappa shape index (κ3) is 5.55. The largest absolute Gasteiger partial charge is 0.381 e. The van der Waals surface area contributed by atoms with Crippen LogP contribution in [0, 0.1) is 5.92 Å². The van der Waals surface area contributed by atoms with Gasteiger partial charge in [0.25, 0.3) is 0 Å². The molecule has 1 atom stereocenters. The summed E-state index contributed by atoms with van der Waals surface area (Å²) in [7, 11) is 1.93. The van der Waals surface area contributed by atoms with Crippen LogP contribution in [0.25, 0.3) is 0 Å². The molecule has 1 heterocycles. The predicted molar refractivity (Wildman–Crippen MR) is 117 cm³/mol. The van der Waals surface area contributed by atoms with Crippen LogP contribution in [-0.4, -0.2) is 45.5 Å². The van der Waals surface area contributed by atoms with Gasteiger partial charge in [0.2, 0.25) is 5.91 Å². The molecule has 0 aliphatic carbocycles. The predicted octanol–water partition coefficient (Wildman–Crippen LogP) is 3.71. The Morgan fingerprint density at radius 2 is 2.00 bits per heavy atom. The molecule has 0 radical (unpaired) electrons. The number of allylic oxidation sites excluding steroid dienone is 1. The molecule has 1 aromatic carbocycles. The van der Waals surface area contributed by atoms with Crippen molar-refractivity contribution in [2.75, 3.05) is 31.7 Å². The van der Waals surface area contributed by atoms with Gasteiger partial charge in [-0.1, -0.05) is 45.1 Å². The van der Waals surface area contributed by atoms with Crippen molar-refractivity contribution >= 4 is 18.3 Å². The number of likely N-dealkylation sites (N-methyl/N-ethyl adjacent to an activating group) is 1. The van der Waals surface area contributed by atoms with Crippen molar-refractivity contribution in [2.45, 2.75) is 39.2 Å². The minimum atomic E-state index is -0.497. The van der Waals surface area contributed by atoms with Crippen LogP contribution in [-0.2, 0) is 14.9 Å². The van der Waals surface area contributed by atoms with Crippen molar-refractivity contribution < 1.29 is 9.53 Å². The van der Waals surface area contributed by atoms with Gasteiger partial charge in [-0.2, -0.15) is 0 Å². The molecule has 1 aliphatic heterocycles. The van der Waals surface area contributed by atoms with E-state index in [2.05, 4.69) is 62.1 Å². The zero-order valence-electron chi connectivity index (χ0n) is 17.7. The van der Waals surface area contributed by atoms with Gasteiger partial charge in [-0.3, -0.25) is 9.79 Å². The number of carbonyl (C=O) groups is 1. The van der Waals surface area contributed by atoms with Crippen molar-refractivity contribution in [1.82, 2.24) is 5.32 Å². The fraction of sp³-hybridized carbons (Fsp3) is 0.478. The van der Waals surface area contributed by atoms with E-state index >= 15 is 0 Å². The summed E-state index contributed by atoms with van der Waals surface area (Å²) in [5.41, 5.74) is 3.11. The van der Waals surface area contributed by atoms with E-state index in [9.17, 15) is 4.79 Å². The van der Waals surface area contributed by atoms with Crippen molar-refractivity contribution in [3.8, 4) is 0 Å². The maximum Gasteiger partial charge on any atom is 0.247 e. The highest BCUT2D eigenvalue weighted by molar-refractivity contribution is 5.89. The lowest BCUT2D eigenvalue weighted by Crippen LogP contribution is -2.49. The van der Waals surface area contributed by atoms with E-state index in [0.717, 1.165) is 11.3 Å². The molecule has 0 aromatic heterocycles. The Labute approximate surface area is 169 Å². The smallest absolute Gasteiger partial charge is 0.247 e. The molecular formula is C23H33N3O2. The molecule has 28 heavy (non-hydrogen) atoms. The highest BCUT2D eigenvalue weighted by Crippen LogP contribution is 2.26. The number of anilines is 1. The molecule has 0 bridgehead atoms. The fourth-order valence-electron chi connectivity index (χ4n) is 3.14. The van der Waals surface area contributed by atoms with Gasteiger partial charge in [0, 0.05) is 37.0 Å². The molecule has 5 heteroatoms.